The monoisotopic (exact) mass is 512 g/mol. The number of nitrogens with one attached hydrogen (secondary N) is 1. The minimum Gasteiger partial charge on any atom is -0.495 e. The van der Waals surface area contributed by atoms with Crippen molar-refractivity contribution in [2.45, 2.75) is 56.6 Å². The number of rotatable bonds is 6. The summed E-state index contributed by atoms with van der Waals surface area (Å²) in [5.74, 6) is 2.07. The van der Waals surface area contributed by atoms with Gasteiger partial charge in [0, 0.05) is 18.0 Å². The molecule has 1 amide bonds. The molecule has 6 rings (SSSR count). The fraction of sp³-hybridized carbons (Fsp3) is 0.406. The molecule has 3 aromatic rings. The Morgan fingerprint density at radius 3 is 2.55 bits per heavy atom. The number of piperidine rings is 1. The summed E-state index contributed by atoms with van der Waals surface area (Å²) in [5, 5.41) is 3.55. The van der Waals surface area contributed by atoms with Crippen LogP contribution in [0.25, 0.3) is 0 Å². The minimum absolute atomic E-state index is 0.0863. The van der Waals surface area contributed by atoms with Crippen LogP contribution in [0.1, 0.15) is 48.8 Å². The summed E-state index contributed by atoms with van der Waals surface area (Å²) < 4.78 is 17.3. The summed E-state index contributed by atoms with van der Waals surface area (Å²) in [6.07, 6.45) is 6.35. The van der Waals surface area contributed by atoms with Crippen molar-refractivity contribution in [2.75, 3.05) is 26.1 Å². The van der Waals surface area contributed by atoms with Crippen molar-refractivity contribution >= 4 is 17.5 Å². The van der Waals surface area contributed by atoms with Crippen LogP contribution in [0.5, 0.6) is 11.5 Å². The van der Waals surface area contributed by atoms with Gasteiger partial charge in [0.1, 0.15) is 18.1 Å². The van der Waals surface area contributed by atoms with Gasteiger partial charge >= 0.3 is 6.09 Å². The molecular weight excluding hydrogens is 476 g/mol. The maximum atomic E-state index is 13.4. The molecule has 1 saturated carbocycles. The van der Waals surface area contributed by atoms with Crippen molar-refractivity contribution in [1.29, 1.82) is 0 Å². The van der Waals surface area contributed by atoms with Gasteiger partial charge < -0.3 is 24.4 Å². The molecule has 198 valence electrons. The number of likely N-dealkylation sites (tertiary alicyclic amines) is 1. The largest absolute Gasteiger partial charge is 0.495 e. The Bertz CT molecular complexity index is 1310. The Morgan fingerprint density at radius 1 is 0.947 bits per heavy atom. The first kappa shape index (κ1) is 24.7. The van der Waals surface area contributed by atoms with Gasteiger partial charge in [-0.05, 0) is 72.6 Å². The molecule has 0 spiro atoms. The van der Waals surface area contributed by atoms with Gasteiger partial charge in [0.25, 0.3) is 0 Å². The third kappa shape index (κ3) is 4.26. The van der Waals surface area contributed by atoms with Crippen LogP contribution in [0.3, 0.4) is 0 Å². The first-order valence-corrected chi connectivity index (χ1v) is 13.7. The predicted molar refractivity (Wildman–Crippen MR) is 148 cm³/mol. The Hall–Kier alpha value is -3.67. The number of ether oxygens (including phenoxy) is 3. The predicted octanol–water partition coefficient (Wildman–Crippen LogP) is 6.84. The van der Waals surface area contributed by atoms with E-state index in [4.69, 9.17) is 14.2 Å². The van der Waals surface area contributed by atoms with Gasteiger partial charge in [-0.2, -0.15) is 0 Å². The van der Waals surface area contributed by atoms with E-state index in [9.17, 15) is 4.79 Å². The second-order valence-electron chi connectivity index (χ2n) is 10.8. The quantitative estimate of drug-likeness (QED) is 0.392. The van der Waals surface area contributed by atoms with Crippen LogP contribution in [0, 0.1) is 5.92 Å². The highest BCUT2D eigenvalue weighted by Crippen LogP contribution is 2.57. The van der Waals surface area contributed by atoms with E-state index in [2.05, 4.69) is 17.4 Å². The molecule has 6 heteroatoms. The van der Waals surface area contributed by atoms with Crippen molar-refractivity contribution in [3.05, 3.63) is 83.4 Å². The lowest BCUT2D eigenvalue weighted by atomic mass is 9.52. The van der Waals surface area contributed by atoms with Crippen LogP contribution < -0.4 is 14.8 Å². The second-order valence-corrected chi connectivity index (χ2v) is 10.8. The molecule has 2 fully saturated rings. The normalized spacial score (nSPS) is 23.6. The van der Waals surface area contributed by atoms with Crippen molar-refractivity contribution in [3.8, 4) is 11.5 Å². The van der Waals surface area contributed by atoms with Crippen LogP contribution in [-0.4, -0.2) is 37.8 Å². The lowest BCUT2D eigenvalue weighted by molar-refractivity contribution is -0.0137. The van der Waals surface area contributed by atoms with E-state index in [0.717, 1.165) is 60.7 Å². The summed E-state index contributed by atoms with van der Waals surface area (Å²) in [7, 11) is 3.42. The molecule has 1 aliphatic heterocycles. The maximum absolute atomic E-state index is 13.4. The summed E-state index contributed by atoms with van der Waals surface area (Å²) in [5.41, 5.74) is 5.62. The van der Waals surface area contributed by atoms with Crippen LogP contribution >= 0.6 is 0 Å². The van der Waals surface area contributed by atoms with Crippen molar-refractivity contribution < 1.29 is 19.0 Å². The number of fused-ring (bicyclic) bond motifs is 1. The number of methoxy groups -OCH3 is 2. The average molecular weight is 513 g/mol. The number of nitrogens with zero attached hydrogens (tertiary/aromatic N) is 1. The maximum Gasteiger partial charge on any atom is 0.410 e. The summed E-state index contributed by atoms with van der Waals surface area (Å²) in [6.45, 7) is 1.04. The highest BCUT2D eigenvalue weighted by atomic mass is 16.6. The van der Waals surface area contributed by atoms with Gasteiger partial charge in [0.05, 0.1) is 25.6 Å². The Balaban J connectivity index is 1.33. The van der Waals surface area contributed by atoms with Crippen molar-refractivity contribution in [1.82, 2.24) is 4.90 Å². The van der Waals surface area contributed by atoms with Crippen LogP contribution in [0.2, 0.25) is 0 Å². The molecule has 1 unspecified atom stereocenters. The van der Waals surface area contributed by atoms with Gasteiger partial charge in [-0.15, -0.1) is 0 Å². The van der Waals surface area contributed by atoms with Crippen LogP contribution in [0.15, 0.2) is 66.7 Å². The number of carbonyl (C=O) groups excluding carboxylic acids is 1. The van der Waals surface area contributed by atoms with E-state index in [1.54, 1.807) is 14.2 Å². The van der Waals surface area contributed by atoms with Crippen molar-refractivity contribution in [3.63, 3.8) is 0 Å². The number of hydrogen-bond acceptors (Lipinski definition) is 5. The number of anilines is 2. The van der Waals surface area contributed by atoms with Gasteiger partial charge in [0.15, 0.2) is 0 Å². The molecule has 3 aliphatic rings. The lowest BCUT2D eigenvalue weighted by Crippen LogP contribution is -2.62. The molecule has 0 aromatic heterocycles. The molecule has 3 aromatic carbocycles. The van der Waals surface area contributed by atoms with Gasteiger partial charge in [-0.25, -0.2) is 4.79 Å². The van der Waals surface area contributed by atoms with Gasteiger partial charge in [0.2, 0.25) is 0 Å². The standard InChI is InChI=1S/C32H36N2O4/c1-36-29-14-7-6-13-26(29)33-27-18-23-19-28-24-12-8-9-15-32(24,25(23)20-30(27)37-2)16-17-34(28)31(35)38-21-22-10-4-3-5-11-22/h3-7,10-11,13-14,18,20,24,28,33H,8-9,12,15-17,19,21H2,1-2H3/t24?,28-,32-/m0/s1. The molecule has 38 heavy (non-hydrogen) atoms. The minimum atomic E-state index is -0.192. The molecule has 2 aliphatic carbocycles. The lowest BCUT2D eigenvalue weighted by Gasteiger charge is -2.58. The molecular formula is C32H36N2O4. The number of hydrogen-bond donors (Lipinski definition) is 1. The summed E-state index contributed by atoms with van der Waals surface area (Å²) in [4.78, 5) is 15.4. The highest BCUT2D eigenvalue weighted by Gasteiger charge is 2.55. The van der Waals surface area contributed by atoms with E-state index in [-0.39, 0.29) is 17.6 Å². The van der Waals surface area contributed by atoms with Crippen LogP contribution in [0.4, 0.5) is 16.2 Å². The molecule has 6 nitrogen and oxygen atoms in total. The first-order chi connectivity index (χ1) is 18.6. The third-order valence-electron chi connectivity index (χ3n) is 8.97. The van der Waals surface area contributed by atoms with Crippen LogP contribution in [-0.2, 0) is 23.2 Å². The molecule has 1 N–H and O–H groups in total. The zero-order chi connectivity index (χ0) is 26.1. The number of amides is 1. The second kappa shape index (κ2) is 10.2. The summed E-state index contributed by atoms with van der Waals surface area (Å²) in [6, 6.07) is 22.5. The fourth-order valence-electron chi connectivity index (χ4n) is 7.23. The van der Waals surface area contributed by atoms with E-state index < -0.39 is 0 Å². The van der Waals surface area contributed by atoms with Crippen molar-refractivity contribution in [2.24, 2.45) is 5.92 Å². The Kier molecular flexibility index (Phi) is 6.64. The molecule has 3 atom stereocenters. The molecule has 0 radical (unpaired) electrons. The fourth-order valence-corrected chi connectivity index (χ4v) is 7.23. The highest BCUT2D eigenvalue weighted by molar-refractivity contribution is 5.73. The molecule has 1 saturated heterocycles. The number of para-hydroxylation sites is 2. The topological polar surface area (TPSA) is 60.0 Å². The van der Waals surface area contributed by atoms with E-state index >= 15 is 0 Å². The SMILES string of the molecule is COc1ccccc1Nc1cc2c(cc1OC)[C@]13CCCCC1[C@H](C2)N(C(=O)OCc1ccccc1)CC3. The zero-order valence-electron chi connectivity index (χ0n) is 22.2. The first-order valence-electron chi connectivity index (χ1n) is 13.7. The Morgan fingerprint density at radius 2 is 1.74 bits per heavy atom. The van der Waals surface area contributed by atoms with E-state index in [1.165, 1.54) is 24.0 Å². The Labute approximate surface area is 224 Å². The summed E-state index contributed by atoms with van der Waals surface area (Å²) >= 11 is 0. The number of benzene rings is 3. The molecule has 1 heterocycles. The van der Waals surface area contributed by atoms with Gasteiger partial charge in [-0.1, -0.05) is 55.3 Å². The smallest absolute Gasteiger partial charge is 0.410 e. The van der Waals surface area contributed by atoms with Gasteiger partial charge in [-0.3, -0.25) is 0 Å². The zero-order valence-corrected chi connectivity index (χ0v) is 22.2. The van der Waals surface area contributed by atoms with E-state index in [0.29, 0.717) is 12.5 Å². The third-order valence-corrected chi connectivity index (χ3v) is 8.97. The average Bonchev–Trinajstić information content (AvgIpc) is 2.96. The van der Waals surface area contributed by atoms with E-state index in [1.807, 2.05) is 59.5 Å². The molecule has 2 bridgehead atoms. The number of carbonyl (C=O) groups is 1.